The van der Waals surface area contributed by atoms with Crippen molar-refractivity contribution in [3.05, 3.63) is 21.6 Å². The second-order valence-corrected chi connectivity index (χ2v) is 5.32. The van der Waals surface area contributed by atoms with Gasteiger partial charge in [0.2, 0.25) is 0 Å². The number of aryl methyl sites for hydroxylation is 1. The summed E-state index contributed by atoms with van der Waals surface area (Å²) in [5.74, 6) is 0. The summed E-state index contributed by atoms with van der Waals surface area (Å²) in [6.45, 7) is 4.29. The lowest BCUT2D eigenvalue weighted by Crippen LogP contribution is -2.40. The van der Waals surface area contributed by atoms with Crippen molar-refractivity contribution < 1.29 is 9.47 Å². The zero-order valence-electron chi connectivity index (χ0n) is 11.8. The average Bonchev–Trinajstić information content (AvgIpc) is 2.93. The molecule has 2 heterocycles. The molecule has 2 rings (SSSR count). The van der Waals surface area contributed by atoms with Crippen molar-refractivity contribution in [2.45, 2.75) is 31.9 Å². The third-order valence-corrected chi connectivity index (χ3v) is 3.89. The summed E-state index contributed by atoms with van der Waals surface area (Å²) in [7, 11) is 1.66. The van der Waals surface area contributed by atoms with E-state index in [-0.39, 0.29) is 16.2 Å². The van der Waals surface area contributed by atoms with Gasteiger partial charge < -0.3 is 14.8 Å². The number of hydrogen-bond acceptors (Lipinski definition) is 5. The molecule has 1 unspecified atom stereocenters. The van der Waals surface area contributed by atoms with Crippen molar-refractivity contribution in [2.24, 2.45) is 0 Å². The summed E-state index contributed by atoms with van der Waals surface area (Å²) in [6, 6.07) is 0. The third kappa shape index (κ3) is 3.13. The van der Waals surface area contributed by atoms with Crippen molar-refractivity contribution in [1.29, 1.82) is 0 Å². The molecule has 0 amide bonds. The fraction of sp³-hybridized carbons (Fsp3) is 0.692. The molecule has 0 spiro atoms. The third-order valence-electron chi connectivity index (χ3n) is 3.52. The summed E-state index contributed by atoms with van der Waals surface area (Å²) in [4.78, 5) is 12.0. The SMILES string of the molecule is CCCn1ncc(NCC2(OC)CCOC2)c(Cl)c1=O. The molecule has 1 N–H and O–H groups in total. The number of rotatable bonds is 6. The highest BCUT2D eigenvalue weighted by Crippen LogP contribution is 2.24. The van der Waals surface area contributed by atoms with Gasteiger partial charge in [0.25, 0.3) is 5.56 Å². The maximum atomic E-state index is 12.0. The molecule has 0 saturated carbocycles. The van der Waals surface area contributed by atoms with Gasteiger partial charge in [-0.25, -0.2) is 4.68 Å². The first-order chi connectivity index (χ1) is 9.62. The average molecular weight is 302 g/mol. The molecule has 1 atom stereocenters. The van der Waals surface area contributed by atoms with Crippen molar-refractivity contribution in [3.63, 3.8) is 0 Å². The normalized spacial score (nSPS) is 22.1. The van der Waals surface area contributed by atoms with E-state index in [9.17, 15) is 4.79 Å². The molecule has 0 aliphatic carbocycles. The lowest BCUT2D eigenvalue weighted by Gasteiger charge is -2.26. The van der Waals surface area contributed by atoms with Gasteiger partial charge in [0, 0.05) is 33.2 Å². The Labute approximate surface area is 123 Å². The molecular formula is C13H20ClN3O3. The first-order valence-corrected chi connectivity index (χ1v) is 7.12. The molecule has 1 fully saturated rings. The van der Waals surface area contributed by atoms with Gasteiger partial charge in [0.1, 0.15) is 10.6 Å². The molecule has 0 radical (unpaired) electrons. The van der Waals surface area contributed by atoms with Crippen LogP contribution < -0.4 is 10.9 Å². The Bertz CT molecular complexity index is 512. The largest absolute Gasteiger partial charge is 0.379 e. The lowest BCUT2D eigenvalue weighted by molar-refractivity contribution is -0.00620. The summed E-state index contributed by atoms with van der Waals surface area (Å²) >= 11 is 6.10. The van der Waals surface area contributed by atoms with E-state index in [0.29, 0.717) is 32.0 Å². The first-order valence-electron chi connectivity index (χ1n) is 6.74. The standard InChI is InChI=1S/C13H20ClN3O3/c1-3-5-17-12(18)11(14)10(7-16-17)15-8-13(19-2)4-6-20-9-13/h7,15H,3-6,8-9H2,1-2H3. The summed E-state index contributed by atoms with van der Waals surface area (Å²) in [6.07, 6.45) is 3.23. The predicted molar refractivity (Wildman–Crippen MR) is 77.5 cm³/mol. The number of nitrogens with zero attached hydrogens (tertiary/aromatic N) is 2. The first kappa shape index (κ1) is 15.3. The molecule has 1 saturated heterocycles. The van der Waals surface area contributed by atoms with E-state index in [2.05, 4.69) is 10.4 Å². The number of anilines is 1. The van der Waals surface area contributed by atoms with Gasteiger partial charge in [-0.05, 0) is 6.42 Å². The van der Waals surface area contributed by atoms with Gasteiger partial charge in [-0.2, -0.15) is 5.10 Å². The molecule has 112 valence electrons. The number of nitrogens with one attached hydrogen (secondary N) is 1. The molecule has 6 nitrogen and oxygen atoms in total. The number of ether oxygens (including phenoxy) is 2. The van der Waals surface area contributed by atoms with E-state index in [0.717, 1.165) is 12.8 Å². The Balaban J connectivity index is 2.10. The maximum absolute atomic E-state index is 12.0. The molecule has 1 aromatic rings. The van der Waals surface area contributed by atoms with E-state index in [1.165, 1.54) is 4.68 Å². The topological polar surface area (TPSA) is 65.4 Å². The number of hydrogen-bond donors (Lipinski definition) is 1. The van der Waals surface area contributed by atoms with Gasteiger partial charge in [0.15, 0.2) is 0 Å². The molecular weight excluding hydrogens is 282 g/mol. The zero-order chi connectivity index (χ0) is 14.6. The van der Waals surface area contributed by atoms with Gasteiger partial charge in [-0.3, -0.25) is 4.79 Å². The Morgan fingerprint density at radius 1 is 1.65 bits per heavy atom. The Morgan fingerprint density at radius 3 is 3.05 bits per heavy atom. The van der Waals surface area contributed by atoms with E-state index >= 15 is 0 Å². The smallest absolute Gasteiger partial charge is 0.287 e. The summed E-state index contributed by atoms with van der Waals surface area (Å²) in [5.41, 5.74) is -0.0956. The molecule has 1 aliphatic heterocycles. The van der Waals surface area contributed by atoms with Gasteiger partial charge in [0.05, 0.1) is 18.5 Å². The molecule has 1 aliphatic rings. The summed E-state index contributed by atoms with van der Waals surface area (Å²) < 4.78 is 12.3. The Kier molecular flexibility index (Phi) is 5.01. The van der Waals surface area contributed by atoms with Gasteiger partial charge >= 0.3 is 0 Å². The van der Waals surface area contributed by atoms with Crippen LogP contribution in [0.1, 0.15) is 19.8 Å². The highest BCUT2D eigenvalue weighted by Gasteiger charge is 2.34. The molecule has 1 aromatic heterocycles. The monoisotopic (exact) mass is 301 g/mol. The Hall–Kier alpha value is -1.11. The van der Waals surface area contributed by atoms with E-state index in [1.54, 1.807) is 13.3 Å². The lowest BCUT2D eigenvalue weighted by atomic mass is 10.0. The van der Waals surface area contributed by atoms with Crippen molar-refractivity contribution >= 4 is 17.3 Å². The number of methoxy groups -OCH3 is 1. The quantitative estimate of drug-likeness (QED) is 0.863. The predicted octanol–water partition coefficient (Wildman–Crippen LogP) is 1.52. The highest BCUT2D eigenvalue weighted by molar-refractivity contribution is 6.32. The van der Waals surface area contributed by atoms with Crippen LogP contribution in [0.3, 0.4) is 0 Å². The van der Waals surface area contributed by atoms with Crippen LogP contribution in [-0.2, 0) is 16.0 Å². The minimum atomic E-state index is -0.360. The Morgan fingerprint density at radius 2 is 2.45 bits per heavy atom. The summed E-state index contributed by atoms with van der Waals surface area (Å²) in [5, 5.41) is 7.42. The van der Waals surface area contributed by atoms with Crippen molar-refractivity contribution in [3.8, 4) is 0 Å². The van der Waals surface area contributed by atoms with E-state index < -0.39 is 0 Å². The van der Waals surface area contributed by atoms with E-state index in [4.69, 9.17) is 21.1 Å². The van der Waals surface area contributed by atoms with Crippen LogP contribution in [0.4, 0.5) is 5.69 Å². The van der Waals surface area contributed by atoms with Crippen LogP contribution in [0.25, 0.3) is 0 Å². The number of halogens is 1. The fourth-order valence-electron chi connectivity index (χ4n) is 2.18. The van der Waals surface area contributed by atoms with Crippen molar-refractivity contribution in [1.82, 2.24) is 9.78 Å². The maximum Gasteiger partial charge on any atom is 0.287 e. The molecule has 0 aromatic carbocycles. The van der Waals surface area contributed by atoms with Gasteiger partial charge in [-0.15, -0.1) is 0 Å². The zero-order valence-corrected chi connectivity index (χ0v) is 12.6. The highest BCUT2D eigenvalue weighted by atomic mass is 35.5. The van der Waals surface area contributed by atoms with Gasteiger partial charge in [-0.1, -0.05) is 18.5 Å². The fourth-order valence-corrected chi connectivity index (χ4v) is 2.39. The van der Waals surface area contributed by atoms with Crippen LogP contribution >= 0.6 is 11.6 Å². The minimum absolute atomic E-state index is 0.165. The second-order valence-electron chi connectivity index (χ2n) is 4.94. The second kappa shape index (κ2) is 6.56. The molecule has 20 heavy (non-hydrogen) atoms. The number of aromatic nitrogens is 2. The van der Waals surface area contributed by atoms with Crippen LogP contribution in [0.5, 0.6) is 0 Å². The minimum Gasteiger partial charge on any atom is -0.379 e. The van der Waals surface area contributed by atoms with Crippen LogP contribution in [0.2, 0.25) is 5.02 Å². The van der Waals surface area contributed by atoms with E-state index in [1.807, 2.05) is 6.92 Å². The van der Waals surface area contributed by atoms with Crippen LogP contribution in [0, 0.1) is 0 Å². The van der Waals surface area contributed by atoms with Crippen LogP contribution in [-0.4, -0.2) is 42.2 Å². The van der Waals surface area contributed by atoms with Crippen molar-refractivity contribution in [2.75, 3.05) is 32.2 Å². The van der Waals surface area contributed by atoms with Crippen LogP contribution in [0.15, 0.2) is 11.0 Å². The molecule has 0 bridgehead atoms. The molecule has 7 heteroatoms.